The maximum Gasteiger partial charge on any atom is 0.392 e. The van der Waals surface area contributed by atoms with Gasteiger partial charge in [-0.3, -0.25) is 9.78 Å². The number of pyridine rings is 1. The first-order valence-corrected chi connectivity index (χ1v) is 7.77. The Kier molecular flexibility index (Phi) is 4.30. The molecule has 0 saturated heterocycles. The molecular weight excluding hydrogens is 317 g/mol. The summed E-state index contributed by atoms with van der Waals surface area (Å²) in [6.45, 7) is 0. The topological polar surface area (TPSA) is 42.0 Å². The van der Waals surface area contributed by atoms with E-state index in [1.807, 2.05) is 18.2 Å². The number of halogens is 3. The average molecular weight is 334 g/mol. The van der Waals surface area contributed by atoms with Crippen LogP contribution < -0.4 is 5.32 Å². The molecule has 0 radical (unpaired) electrons. The number of para-hydroxylation sites is 1. The van der Waals surface area contributed by atoms with Gasteiger partial charge >= 0.3 is 6.18 Å². The van der Waals surface area contributed by atoms with Gasteiger partial charge < -0.3 is 5.32 Å². The zero-order valence-corrected chi connectivity index (χ0v) is 13.2. The van der Waals surface area contributed by atoms with Gasteiger partial charge in [-0.1, -0.05) is 24.3 Å². The van der Waals surface area contributed by atoms with Crippen molar-refractivity contribution >= 4 is 22.4 Å². The highest BCUT2D eigenvalue weighted by Crippen LogP contribution is 2.40. The van der Waals surface area contributed by atoms with Crippen molar-refractivity contribution < 1.29 is 18.0 Å². The lowest BCUT2D eigenvalue weighted by molar-refractivity contribution is -0.175. The van der Waals surface area contributed by atoms with Crippen LogP contribution >= 0.6 is 0 Å². The molecule has 1 aromatic carbocycles. The molecule has 126 valence electrons. The van der Waals surface area contributed by atoms with Gasteiger partial charge in [-0.2, -0.15) is 13.2 Å². The van der Waals surface area contributed by atoms with Gasteiger partial charge in [0, 0.05) is 24.2 Å². The van der Waals surface area contributed by atoms with Crippen molar-refractivity contribution in [2.75, 3.05) is 7.05 Å². The van der Waals surface area contributed by atoms with Gasteiger partial charge in [-0.25, -0.2) is 0 Å². The molecule has 3 rings (SSSR count). The normalized spacial score (nSPS) is 18.3. The summed E-state index contributed by atoms with van der Waals surface area (Å²) in [7, 11) is 1.55. The number of hydrogen-bond acceptors (Lipinski definition) is 2. The molecule has 1 aromatic heterocycles. The van der Waals surface area contributed by atoms with Crippen molar-refractivity contribution in [1.29, 1.82) is 0 Å². The van der Waals surface area contributed by atoms with Crippen molar-refractivity contribution in [1.82, 2.24) is 10.3 Å². The summed E-state index contributed by atoms with van der Waals surface area (Å²) >= 11 is 0. The Morgan fingerprint density at radius 2 is 2.12 bits per heavy atom. The predicted molar refractivity (Wildman–Crippen MR) is 86.5 cm³/mol. The Bertz CT molecular complexity index is 812. The molecule has 2 aromatic rings. The van der Waals surface area contributed by atoms with Crippen LogP contribution in [0.25, 0.3) is 16.5 Å². The molecule has 24 heavy (non-hydrogen) atoms. The minimum Gasteiger partial charge on any atom is -0.355 e. The highest BCUT2D eigenvalue weighted by Gasteiger charge is 2.39. The average Bonchev–Trinajstić information content (AvgIpc) is 2.59. The SMILES string of the molecule is CNC(=O)c1cnc2c(C3=CCC(C(F)(F)F)CC3)cccc2c1. The maximum atomic E-state index is 12.8. The van der Waals surface area contributed by atoms with Crippen LogP contribution in [0.4, 0.5) is 13.2 Å². The molecule has 1 amide bonds. The highest BCUT2D eigenvalue weighted by molar-refractivity contribution is 5.99. The molecule has 1 heterocycles. The Hall–Kier alpha value is -2.37. The Morgan fingerprint density at radius 3 is 2.75 bits per heavy atom. The molecule has 0 aliphatic heterocycles. The monoisotopic (exact) mass is 334 g/mol. The van der Waals surface area contributed by atoms with E-state index in [0.29, 0.717) is 17.5 Å². The van der Waals surface area contributed by atoms with Crippen LogP contribution in [0, 0.1) is 5.92 Å². The van der Waals surface area contributed by atoms with Crippen molar-refractivity contribution in [2.24, 2.45) is 5.92 Å². The molecule has 0 spiro atoms. The largest absolute Gasteiger partial charge is 0.392 e. The van der Waals surface area contributed by atoms with E-state index in [0.717, 1.165) is 16.5 Å². The third-order valence-corrected chi connectivity index (χ3v) is 4.42. The standard InChI is InChI=1S/C18H17F3N2O/c1-22-17(24)13-9-12-3-2-4-15(16(12)23-10-13)11-5-7-14(8-6-11)18(19,20)21/h2-5,9-10,14H,6-8H2,1H3,(H,22,24). The minimum absolute atomic E-state index is 0.00550. The van der Waals surface area contributed by atoms with E-state index in [9.17, 15) is 18.0 Å². The van der Waals surface area contributed by atoms with Crippen LogP contribution in [0.1, 0.15) is 35.2 Å². The number of amides is 1. The summed E-state index contributed by atoms with van der Waals surface area (Å²) in [5.74, 6) is -1.48. The van der Waals surface area contributed by atoms with E-state index in [1.165, 1.54) is 6.20 Å². The van der Waals surface area contributed by atoms with Crippen molar-refractivity contribution in [3.63, 3.8) is 0 Å². The molecule has 0 saturated carbocycles. The van der Waals surface area contributed by atoms with Crippen molar-refractivity contribution in [3.8, 4) is 0 Å². The lowest BCUT2D eigenvalue weighted by atomic mass is 9.85. The molecule has 0 fully saturated rings. The number of allylic oxidation sites excluding steroid dienone is 2. The van der Waals surface area contributed by atoms with Crippen LogP contribution in [0.3, 0.4) is 0 Å². The molecule has 1 aliphatic carbocycles. The number of aromatic nitrogens is 1. The highest BCUT2D eigenvalue weighted by atomic mass is 19.4. The number of alkyl halides is 3. The number of carbonyl (C=O) groups excluding carboxylic acids is 1. The van der Waals surface area contributed by atoms with Crippen LogP contribution in [-0.2, 0) is 0 Å². The van der Waals surface area contributed by atoms with Crippen LogP contribution in [0.5, 0.6) is 0 Å². The molecule has 3 nitrogen and oxygen atoms in total. The zero-order valence-electron chi connectivity index (χ0n) is 13.2. The number of nitrogens with one attached hydrogen (secondary N) is 1. The number of benzene rings is 1. The molecule has 6 heteroatoms. The molecular formula is C18H17F3N2O. The van der Waals surface area contributed by atoms with Gasteiger partial charge in [-0.05, 0) is 30.9 Å². The van der Waals surface area contributed by atoms with Gasteiger partial charge in [0.05, 0.1) is 17.0 Å². The molecule has 1 aliphatic rings. The van der Waals surface area contributed by atoms with Crippen molar-refractivity contribution in [2.45, 2.75) is 25.4 Å². The Balaban J connectivity index is 1.96. The van der Waals surface area contributed by atoms with Crippen molar-refractivity contribution in [3.05, 3.63) is 47.7 Å². The third-order valence-electron chi connectivity index (χ3n) is 4.42. The van der Waals surface area contributed by atoms with Gasteiger partial charge in [0.15, 0.2) is 0 Å². The predicted octanol–water partition coefficient (Wildman–Crippen LogP) is 4.34. The number of rotatable bonds is 2. The fourth-order valence-electron chi connectivity index (χ4n) is 3.06. The van der Waals surface area contributed by atoms with E-state index in [-0.39, 0.29) is 18.7 Å². The molecule has 1 atom stereocenters. The quantitative estimate of drug-likeness (QED) is 0.888. The summed E-state index contributed by atoms with van der Waals surface area (Å²) in [5.41, 5.74) is 2.90. The lowest BCUT2D eigenvalue weighted by Gasteiger charge is -2.24. The zero-order chi connectivity index (χ0) is 17.3. The third kappa shape index (κ3) is 3.13. The fraction of sp³-hybridized carbons (Fsp3) is 0.333. The van der Waals surface area contributed by atoms with E-state index < -0.39 is 12.1 Å². The second kappa shape index (κ2) is 6.26. The van der Waals surface area contributed by atoms with Crippen LogP contribution in [-0.4, -0.2) is 24.1 Å². The Labute approximate surface area is 137 Å². The van der Waals surface area contributed by atoms with Gasteiger partial charge in [-0.15, -0.1) is 0 Å². The maximum absolute atomic E-state index is 12.8. The Morgan fingerprint density at radius 1 is 1.33 bits per heavy atom. The molecule has 0 bridgehead atoms. The van der Waals surface area contributed by atoms with E-state index in [2.05, 4.69) is 10.3 Å². The summed E-state index contributed by atoms with van der Waals surface area (Å²) in [6, 6.07) is 7.30. The summed E-state index contributed by atoms with van der Waals surface area (Å²) in [5, 5.41) is 3.34. The summed E-state index contributed by atoms with van der Waals surface area (Å²) in [4.78, 5) is 16.1. The number of carbonyl (C=O) groups is 1. The van der Waals surface area contributed by atoms with E-state index in [1.54, 1.807) is 19.2 Å². The lowest BCUT2D eigenvalue weighted by Crippen LogP contribution is -2.24. The second-order valence-corrected chi connectivity index (χ2v) is 5.92. The molecule has 1 unspecified atom stereocenters. The fourth-order valence-corrected chi connectivity index (χ4v) is 3.06. The molecule has 1 N–H and O–H groups in total. The van der Waals surface area contributed by atoms with Gasteiger partial charge in [0.2, 0.25) is 0 Å². The van der Waals surface area contributed by atoms with Gasteiger partial charge in [0.1, 0.15) is 0 Å². The first kappa shape index (κ1) is 16.5. The minimum atomic E-state index is -4.14. The van der Waals surface area contributed by atoms with E-state index in [4.69, 9.17) is 0 Å². The summed E-state index contributed by atoms with van der Waals surface area (Å²) in [6.07, 6.45) is -0.492. The number of fused-ring (bicyclic) bond motifs is 1. The smallest absolute Gasteiger partial charge is 0.355 e. The van der Waals surface area contributed by atoms with Crippen LogP contribution in [0.15, 0.2) is 36.5 Å². The van der Waals surface area contributed by atoms with Crippen LogP contribution in [0.2, 0.25) is 0 Å². The first-order chi connectivity index (χ1) is 11.4. The number of nitrogens with zero attached hydrogens (tertiary/aromatic N) is 1. The number of hydrogen-bond donors (Lipinski definition) is 1. The first-order valence-electron chi connectivity index (χ1n) is 7.77. The second-order valence-electron chi connectivity index (χ2n) is 5.92. The van der Waals surface area contributed by atoms with Gasteiger partial charge in [0.25, 0.3) is 5.91 Å². The summed E-state index contributed by atoms with van der Waals surface area (Å²) < 4.78 is 38.4. The van der Waals surface area contributed by atoms with E-state index >= 15 is 0 Å².